The summed E-state index contributed by atoms with van der Waals surface area (Å²) in [7, 11) is 0. The SMILES string of the molecule is c1ccc(-c2nc(-n3c4ccccc4c4cc5c6ccccc6n(-c6ccccn6)c5cc43)nc3c2oc2ccccc23)cc1. The number of pyridine rings is 1. The van der Waals surface area contributed by atoms with Crippen LogP contribution in [0.1, 0.15) is 0 Å². The van der Waals surface area contributed by atoms with E-state index in [2.05, 4.69) is 94.1 Å². The number of hydrogen-bond acceptors (Lipinski definition) is 4. The number of aromatic nitrogens is 5. The van der Waals surface area contributed by atoms with Crippen molar-refractivity contribution in [2.45, 2.75) is 0 Å². The molecule has 0 atom stereocenters. The van der Waals surface area contributed by atoms with E-state index in [4.69, 9.17) is 19.4 Å². The first kappa shape index (κ1) is 24.2. The van der Waals surface area contributed by atoms with E-state index < -0.39 is 0 Å². The zero-order valence-electron chi connectivity index (χ0n) is 23.9. The number of benzene rings is 5. The van der Waals surface area contributed by atoms with Crippen molar-refractivity contribution in [2.24, 2.45) is 0 Å². The molecule has 6 nitrogen and oxygen atoms in total. The van der Waals surface area contributed by atoms with Gasteiger partial charge in [0.15, 0.2) is 5.58 Å². The van der Waals surface area contributed by atoms with Crippen molar-refractivity contribution in [1.29, 1.82) is 0 Å². The normalized spacial score (nSPS) is 12.0. The van der Waals surface area contributed by atoms with Crippen molar-refractivity contribution >= 4 is 65.7 Å². The molecule has 210 valence electrons. The lowest BCUT2D eigenvalue weighted by atomic mass is 10.1. The van der Waals surface area contributed by atoms with Crippen molar-refractivity contribution in [2.75, 3.05) is 0 Å². The molecule has 0 fully saturated rings. The Morgan fingerprint density at radius 1 is 0.489 bits per heavy atom. The number of fused-ring (bicyclic) bond motifs is 9. The first-order valence-corrected chi connectivity index (χ1v) is 15.0. The Kier molecular flexibility index (Phi) is 4.90. The third-order valence-corrected chi connectivity index (χ3v) is 8.80. The van der Waals surface area contributed by atoms with E-state index in [1.165, 1.54) is 10.8 Å². The molecule has 0 spiro atoms. The predicted octanol–water partition coefficient (Wildman–Crippen LogP) is 9.63. The molecule has 5 heterocycles. The van der Waals surface area contributed by atoms with Gasteiger partial charge in [-0.1, -0.05) is 84.9 Å². The topological polar surface area (TPSA) is 61.7 Å². The Morgan fingerprint density at radius 3 is 1.89 bits per heavy atom. The minimum Gasteiger partial charge on any atom is -0.452 e. The third kappa shape index (κ3) is 3.42. The minimum absolute atomic E-state index is 0.596. The molecule has 0 saturated carbocycles. The summed E-state index contributed by atoms with van der Waals surface area (Å²) in [6.07, 6.45) is 1.84. The van der Waals surface area contributed by atoms with Gasteiger partial charge in [0.1, 0.15) is 22.6 Å². The summed E-state index contributed by atoms with van der Waals surface area (Å²) in [6, 6.07) is 45.9. The van der Waals surface area contributed by atoms with Gasteiger partial charge in [0.25, 0.3) is 0 Å². The van der Waals surface area contributed by atoms with Crippen LogP contribution in [0, 0.1) is 0 Å². The molecular formula is C39H23N5O. The van der Waals surface area contributed by atoms with Crippen molar-refractivity contribution in [3.05, 3.63) is 140 Å². The van der Waals surface area contributed by atoms with Gasteiger partial charge in [-0.15, -0.1) is 0 Å². The molecule has 5 aromatic carbocycles. The first-order valence-electron chi connectivity index (χ1n) is 15.0. The first-order chi connectivity index (χ1) is 22.3. The van der Waals surface area contributed by atoms with Crippen molar-refractivity contribution in [3.63, 3.8) is 0 Å². The summed E-state index contributed by atoms with van der Waals surface area (Å²) in [5.74, 6) is 1.47. The fourth-order valence-corrected chi connectivity index (χ4v) is 6.85. The second-order valence-corrected chi connectivity index (χ2v) is 11.3. The fourth-order valence-electron chi connectivity index (χ4n) is 6.85. The summed E-state index contributed by atoms with van der Waals surface area (Å²) in [6.45, 7) is 0. The average Bonchev–Trinajstić information content (AvgIpc) is 3.75. The van der Waals surface area contributed by atoms with E-state index in [1.807, 2.05) is 54.7 Å². The van der Waals surface area contributed by atoms with E-state index in [-0.39, 0.29) is 0 Å². The fraction of sp³-hybridized carbons (Fsp3) is 0. The van der Waals surface area contributed by atoms with Crippen LogP contribution in [0.5, 0.6) is 0 Å². The number of rotatable bonds is 3. The molecule has 0 aliphatic carbocycles. The molecule has 0 N–H and O–H groups in total. The highest BCUT2D eigenvalue weighted by atomic mass is 16.3. The minimum atomic E-state index is 0.596. The quantitative estimate of drug-likeness (QED) is 0.210. The number of hydrogen-bond donors (Lipinski definition) is 0. The van der Waals surface area contributed by atoms with Crippen LogP contribution in [0.3, 0.4) is 0 Å². The summed E-state index contributed by atoms with van der Waals surface area (Å²) in [5.41, 5.74) is 8.27. The summed E-state index contributed by atoms with van der Waals surface area (Å²) < 4.78 is 10.8. The zero-order valence-corrected chi connectivity index (χ0v) is 23.9. The molecule has 6 heteroatoms. The number of para-hydroxylation sites is 3. The van der Waals surface area contributed by atoms with Crippen molar-refractivity contribution < 1.29 is 4.42 Å². The Bertz CT molecular complexity index is 2760. The van der Waals surface area contributed by atoms with Gasteiger partial charge in [-0.2, -0.15) is 0 Å². The van der Waals surface area contributed by atoms with Crippen LogP contribution in [0.15, 0.2) is 144 Å². The molecule has 45 heavy (non-hydrogen) atoms. The van der Waals surface area contributed by atoms with Crippen LogP contribution in [-0.4, -0.2) is 24.1 Å². The van der Waals surface area contributed by atoms with Crippen LogP contribution in [0.4, 0.5) is 0 Å². The van der Waals surface area contributed by atoms with Gasteiger partial charge < -0.3 is 4.42 Å². The van der Waals surface area contributed by atoms with Crippen LogP contribution < -0.4 is 0 Å². The van der Waals surface area contributed by atoms with Crippen LogP contribution in [-0.2, 0) is 0 Å². The molecule has 10 rings (SSSR count). The molecule has 0 amide bonds. The Labute approximate surface area is 256 Å². The van der Waals surface area contributed by atoms with Gasteiger partial charge in [-0.25, -0.2) is 15.0 Å². The van der Waals surface area contributed by atoms with Crippen LogP contribution in [0.2, 0.25) is 0 Å². The molecule has 0 aliphatic heterocycles. The highest BCUT2D eigenvalue weighted by Crippen LogP contribution is 2.40. The summed E-state index contributed by atoms with van der Waals surface area (Å²) in [4.78, 5) is 15.2. The van der Waals surface area contributed by atoms with E-state index >= 15 is 0 Å². The van der Waals surface area contributed by atoms with Gasteiger partial charge in [0, 0.05) is 38.7 Å². The molecule has 0 bridgehead atoms. The highest BCUT2D eigenvalue weighted by molar-refractivity contribution is 6.19. The second kappa shape index (κ2) is 9.11. The summed E-state index contributed by atoms with van der Waals surface area (Å²) >= 11 is 0. The lowest BCUT2D eigenvalue weighted by Gasteiger charge is -2.10. The van der Waals surface area contributed by atoms with Crippen LogP contribution >= 0.6 is 0 Å². The number of furan rings is 1. The van der Waals surface area contributed by atoms with Gasteiger partial charge in [-0.3, -0.25) is 9.13 Å². The maximum absolute atomic E-state index is 6.40. The van der Waals surface area contributed by atoms with E-state index in [0.717, 1.165) is 66.4 Å². The second-order valence-electron chi connectivity index (χ2n) is 11.3. The van der Waals surface area contributed by atoms with E-state index in [0.29, 0.717) is 11.5 Å². The molecule has 0 unspecified atom stereocenters. The average molecular weight is 578 g/mol. The third-order valence-electron chi connectivity index (χ3n) is 8.80. The van der Waals surface area contributed by atoms with Gasteiger partial charge in [0.05, 0.1) is 22.1 Å². The molecule has 0 radical (unpaired) electrons. The maximum Gasteiger partial charge on any atom is 0.236 e. The van der Waals surface area contributed by atoms with Crippen molar-refractivity contribution in [1.82, 2.24) is 24.1 Å². The standard InChI is InChI=1S/C39H23N5O/c1-2-12-24(13-3-1)36-38-37(27-16-6-9-19-34(27)45-38)42-39(41-36)44-31-18-8-5-15-26(31)29-22-28-25-14-4-7-17-30(25)43(32(28)23-33(29)44)35-20-10-11-21-40-35/h1-23H. The lowest BCUT2D eigenvalue weighted by molar-refractivity contribution is 0.666. The number of nitrogens with zero attached hydrogens (tertiary/aromatic N) is 5. The van der Waals surface area contributed by atoms with Crippen LogP contribution in [0.25, 0.3) is 88.7 Å². The highest BCUT2D eigenvalue weighted by Gasteiger charge is 2.22. The molecular weight excluding hydrogens is 554 g/mol. The van der Waals surface area contributed by atoms with Gasteiger partial charge in [0.2, 0.25) is 5.95 Å². The Morgan fingerprint density at radius 2 is 1.13 bits per heavy atom. The lowest BCUT2D eigenvalue weighted by Crippen LogP contribution is -2.03. The smallest absolute Gasteiger partial charge is 0.236 e. The molecule has 10 aromatic rings. The monoisotopic (exact) mass is 577 g/mol. The molecule has 5 aromatic heterocycles. The summed E-state index contributed by atoms with van der Waals surface area (Å²) in [5, 5.41) is 5.61. The predicted molar refractivity (Wildman–Crippen MR) is 181 cm³/mol. The van der Waals surface area contributed by atoms with Gasteiger partial charge in [-0.05, 0) is 48.5 Å². The van der Waals surface area contributed by atoms with Gasteiger partial charge >= 0.3 is 0 Å². The maximum atomic E-state index is 6.40. The van der Waals surface area contributed by atoms with Crippen molar-refractivity contribution in [3.8, 4) is 23.0 Å². The Balaban J connectivity index is 1.37. The molecule has 0 saturated heterocycles. The molecule has 0 aliphatic rings. The zero-order chi connectivity index (χ0) is 29.5. The van der Waals surface area contributed by atoms with E-state index in [9.17, 15) is 0 Å². The Hall–Kier alpha value is -6.27. The van der Waals surface area contributed by atoms with E-state index in [1.54, 1.807) is 0 Å². The largest absolute Gasteiger partial charge is 0.452 e.